The lowest BCUT2D eigenvalue weighted by Gasteiger charge is -2.08. The normalized spacial score (nSPS) is 10.2. The van der Waals surface area contributed by atoms with Crippen LogP contribution in [-0.2, 0) is 0 Å². The van der Waals surface area contributed by atoms with Crippen molar-refractivity contribution in [3.05, 3.63) is 66.0 Å². The molecular formula is C16H10FN3. The summed E-state index contributed by atoms with van der Waals surface area (Å²) in [5.41, 5.74) is 1.54. The first-order valence-corrected chi connectivity index (χ1v) is 6.09. The quantitative estimate of drug-likeness (QED) is 0.760. The molecule has 0 aliphatic heterocycles. The van der Waals surface area contributed by atoms with Crippen molar-refractivity contribution >= 4 is 22.4 Å². The Hall–Kier alpha value is -2.93. The van der Waals surface area contributed by atoms with Crippen LogP contribution in [0.5, 0.6) is 0 Å². The number of nitriles is 1. The van der Waals surface area contributed by atoms with Crippen molar-refractivity contribution in [2.24, 2.45) is 0 Å². The standard InChI is InChI=1S/C16H10FN3/c17-13-6-2-4-8-15(13)20-16-9-11(10-18)12-5-1-3-7-14(12)19-16/h1-9H,(H,19,20). The highest BCUT2D eigenvalue weighted by molar-refractivity contribution is 5.86. The van der Waals surface area contributed by atoms with Gasteiger partial charge < -0.3 is 5.32 Å². The third kappa shape index (κ3) is 2.17. The van der Waals surface area contributed by atoms with Crippen molar-refractivity contribution in [3.63, 3.8) is 0 Å². The van der Waals surface area contributed by atoms with Gasteiger partial charge in [-0.05, 0) is 24.3 Å². The second-order valence-corrected chi connectivity index (χ2v) is 4.29. The number of halogens is 1. The number of fused-ring (bicyclic) bond motifs is 1. The van der Waals surface area contributed by atoms with E-state index in [1.807, 2.05) is 24.3 Å². The van der Waals surface area contributed by atoms with Crippen LogP contribution in [0.1, 0.15) is 5.56 Å². The molecule has 0 aliphatic carbocycles. The molecule has 0 fully saturated rings. The molecule has 0 bridgehead atoms. The predicted molar refractivity (Wildman–Crippen MR) is 76.1 cm³/mol. The van der Waals surface area contributed by atoms with Crippen molar-refractivity contribution in [1.29, 1.82) is 5.26 Å². The molecule has 3 rings (SSSR count). The minimum atomic E-state index is -0.360. The molecule has 0 spiro atoms. The number of para-hydroxylation sites is 2. The summed E-state index contributed by atoms with van der Waals surface area (Å²) < 4.78 is 13.6. The summed E-state index contributed by atoms with van der Waals surface area (Å²) in [4.78, 5) is 4.39. The van der Waals surface area contributed by atoms with E-state index in [0.717, 1.165) is 5.39 Å². The van der Waals surface area contributed by atoms with Gasteiger partial charge in [-0.3, -0.25) is 0 Å². The number of hydrogen-bond acceptors (Lipinski definition) is 3. The second-order valence-electron chi connectivity index (χ2n) is 4.29. The van der Waals surface area contributed by atoms with E-state index in [4.69, 9.17) is 0 Å². The fraction of sp³-hybridized carbons (Fsp3) is 0. The minimum Gasteiger partial charge on any atom is -0.338 e. The fourth-order valence-electron chi connectivity index (χ4n) is 2.03. The number of rotatable bonds is 2. The Kier molecular flexibility index (Phi) is 3.02. The third-order valence-corrected chi connectivity index (χ3v) is 2.97. The molecule has 0 unspecified atom stereocenters. The van der Waals surface area contributed by atoms with E-state index < -0.39 is 0 Å². The molecule has 3 nitrogen and oxygen atoms in total. The first kappa shape index (κ1) is 12.1. The van der Waals surface area contributed by atoms with Gasteiger partial charge in [0.25, 0.3) is 0 Å². The summed E-state index contributed by atoms with van der Waals surface area (Å²) in [5.74, 6) is 0.0892. The molecule has 20 heavy (non-hydrogen) atoms. The first-order valence-electron chi connectivity index (χ1n) is 6.09. The monoisotopic (exact) mass is 263 g/mol. The largest absolute Gasteiger partial charge is 0.338 e. The number of benzene rings is 2. The van der Waals surface area contributed by atoms with Gasteiger partial charge >= 0.3 is 0 Å². The van der Waals surface area contributed by atoms with Gasteiger partial charge in [-0.15, -0.1) is 0 Å². The molecule has 0 saturated heterocycles. The SMILES string of the molecule is N#Cc1cc(Nc2ccccc2F)nc2ccccc12. The molecule has 1 aromatic heterocycles. The average molecular weight is 263 g/mol. The Balaban J connectivity index is 2.09. The van der Waals surface area contributed by atoms with E-state index in [0.29, 0.717) is 22.6 Å². The summed E-state index contributed by atoms with van der Waals surface area (Å²) >= 11 is 0. The Morgan fingerprint density at radius 2 is 1.80 bits per heavy atom. The van der Waals surface area contributed by atoms with Crippen LogP contribution >= 0.6 is 0 Å². The van der Waals surface area contributed by atoms with Crippen LogP contribution in [0, 0.1) is 17.1 Å². The van der Waals surface area contributed by atoms with Crippen molar-refractivity contribution in [2.45, 2.75) is 0 Å². The van der Waals surface area contributed by atoms with Gasteiger partial charge in [-0.2, -0.15) is 5.26 Å². The third-order valence-electron chi connectivity index (χ3n) is 2.97. The predicted octanol–water partition coefficient (Wildman–Crippen LogP) is 3.99. The van der Waals surface area contributed by atoms with Crippen LogP contribution in [0.15, 0.2) is 54.6 Å². The zero-order chi connectivity index (χ0) is 13.9. The van der Waals surface area contributed by atoms with E-state index in [1.54, 1.807) is 24.3 Å². The summed E-state index contributed by atoms with van der Waals surface area (Å²) in [6.45, 7) is 0. The molecule has 1 N–H and O–H groups in total. The van der Waals surface area contributed by atoms with E-state index in [1.165, 1.54) is 6.07 Å². The van der Waals surface area contributed by atoms with Crippen LogP contribution in [0.25, 0.3) is 10.9 Å². The van der Waals surface area contributed by atoms with E-state index in [-0.39, 0.29) is 5.82 Å². The van der Waals surface area contributed by atoms with Gasteiger partial charge in [0.2, 0.25) is 0 Å². The van der Waals surface area contributed by atoms with Gasteiger partial charge in [-0.1, -0.05) is 30.3 Å². The zero-order valence-corrected chi connectivity index (χ0v) is 10.5. The molecule has 0 saturated carbocycles. The molecule has 0 amide bonds. The second kappa shape index (κ2) is 4.98. The van der Waals surface area contributed by atoms with Crippen molar-refractivity contribution in [1.82, 2.24) is 4.98 Å². The lowest BCUT2D eigenvalue weighted by atomic mass is 10.1. The zero-order valence-electron chi connectivity index (χ0n) is 10.5. The highest BCUT2D eigenvalue weighted by atomic mass is 19.1. The molecule has 2 aromatic carbocycles. The minimum absolute atomic E-state index is 0.333. The topological polar surface area (TPSA) is 48.7 Å². The molecule has 4 heteroatoms. The number of nitrogens with zero attached hydrogens (tertiary/aromatic N) is 2. The van der Waals surface area contributed by atoms with E-state index in [9.17, 15) is 9.65 Å². The Bertz CT molecular complexity index is 821. The molecule has 0 radical (unpaired) electrons. The lowest BCUT2D eigenvalue weighted by Crippen LogP contribution is -1.97. The summed E-state index contributed by atoms with van der Waals surface area (Å²) in [6.07, 6.45) is 0. The molecule has 0 aliphatic rings. The Morgan fingerprint density at radius 3 is 2.60 bits per heavy atom. The molecule has 0 atom stereocenters. The molecular weight excluding hydrogens is 253 g/mol. The maximum atomic E-state index is 13.6. The summed E-state index contributed by atoms with van der Waals surface area (Å²) in [5, 5.41) is 12.9. The van der Waals surface area contributed by atoms with Crippen molar-refractivity contribution < 1.29 is 4.39 Å². The van der Waals surface area contributed by atoms with Crippen LogP contribution in [0.4, 0.5) is 15.9 Å². The maximum absolute atomic E-state index is 13.6. The molecule has 3 aromatic rings. The van der Waals surface area contributed by atoms with Gasteiger partial charge in [0, 0.05) is 5.39 Å². The van der Waals surface area contributed by atoms with Gasteiger partial charge in [-0.25, -0.2) is 9.37 Å². The fourth-order valence-corrected chi connectivity index (χ4v) is 2.03. The highest BCUT2D eigenvalue weighted by Gasteiger charge is 2.07. The first-order chi connectivity index (χ1) is 9.78. The highest BCUT2D eigenvalue weighted by Crippen LogP contribution is 2.23. The Morgan fingerprint density at radius 1 is 1.05 bits per heavy atom. The van der Waals surface area contributed by atoms with Crippen LogP contribution in [0.3, 0.4) is 0 Å². The summed E-state index contributed by atoms with van der Waals surface area (Å²) in [7, 11) is 0. The van der Waals surface area contributed by atoms with Crippen molar-refractivity contribution in [3.8, 4) is 6.07 Å². The van der Waals surface area contributed by atoms with Crippen molar-refractivity contribution in [2.75, 3.05) is 5.32 Å². The van der Waals surface area contributed by atoms with Gasteiger partial charge in [0.15, 0.2) is 0 Å². The van der Waals surface area contributed by atoms with Gasteiger partial charge in [0.1, 0.15) is 11.6 Å². The summed E-state index contributed by atoms with van der Waals surface area (Å²) in [6, 6.07) is 17.5. The maximum Gasteiger partial charge on any atom is 0.146 e. The molecule has 1 heterocycles. The lowest BCUT2D eigenvalue weighted by molar-refractivity contribution is 0.632. The number of nitrogens with one attached hydrogen (secondary N) is 1. The number of aromatic nitrogens is 1. The molecule has 96 valence electrons. The number of hydrogen-bond donors (Lipinski definition) is 1. The van der Waals surface area contributed by atoms with Crippen LogP contribution in [-0.4, -0.2) is 4.98 Å². The average Bonchev–Trinajstić information content (AvgIpc) is 2.49. The number of anilines is 2. The Labute approximate surface area is 115 Å². The number of pyridine rings is 1. The van der Waals surface area contributed by atoms with Crippen LogP contribution < -0.4 is 5.32 Å². The van der Waals surface area contributed by atoms with Gasteiger partial charge in [0.05, 0.1) is 22.8 Å². The van der Waals surface area contributed by atoms with Crippen LogP contribution in [0.2, 0.25) is 0 Å². The van der Waals surface area contributed by atoms with E-state index >= 15 is 0 Å². The smallest absolute Gasteiger partial charge is 0.146 e. The van der Waals surface area contributed by atoms with E-state index in [2.05, 4.69) is 16.4 Å².